The number of hydrogen-bond acceptors (Lipinski definition) is 2. The molecule has 0 amide bonds. The number of thiophene rings is 1. The first-order chi connectivity index (χ1) is 21.3. The highest BCUT2D eigenvalue weighted by molar-refractivity contribution is 7.23. The minimum absolute atomic E-state index is 0.926. The fourth-order valence-corrected chi connectivity index (χ4v) is 8.43. The molecule has 10 aromatic rings. The van der Waals surface area contributed by atoms with Crippen molar-refractivity contribution in [3.05, 3.63) is 140 Å². The molecule has 200 valence electrons. The van der Waals surface area contributed by atoms with Crippen LogP contribution in [0.5, 0.6) is 0 Å². The molecule has 3 heteroatoms. The van der Waals surface area contributed by atoms with Gasteiger partial charge in [-0.25, -0.2) is 0 Å². The second-order valence-corrected chi connectivity index (χ2v) is 12.3. The molecule has 0 aliphatic carbocycles. The Bertz CT molecular complexity index is 2660. The number of rotatable bonds is 3. The van der Waals surface area contributed by atoms with Crippen molar-refractivity contribution in [3.8, 4) is 32.7 Å². The summed E-state index contributed by atoms with van der Waals surface area (Å²) >= 11 is 1.90. The average molecular weight is 566 g/mol. The first-order valence-corrected chi connectivity index (χ1v) is 15.4. The summed E-state index contributed by atoms with van der Waals surface area (Å²) in [5.74, 6) is 0. The SMILES string of the molecule is c1ccc(-c2sc3c(c2-c2ccccc2)c2cccc4c5cc(-c6ccc7oc8ccccc8c7c6)ccc5n3c42)cc1. The molecule has 6 aromatic carbocycles. The number of benzene rings is 6. The maximum absolute atomic E-state index is 6.10. The van der Waals surface area contributed by atoms with Gasteiger partial charge in [0, 0.05) is 42.8 Å². The number of nitrogens with zero attached hydrogens (tertiary/aromatic N) is 1. The highest BCUT2D eigenvalue weighted by Crippen LogP contribution is 2.51. The summed E-state index contributed by atoms with van der Waals surface area (Å²) in [4.78, 5) is 2.62. The highest BCUT2D eigenvalue weighted by atomic mass is 32.1. The van der Waals surface area contributed by atoms with Crippen LogP contribution in [-0.4, -0.2) is 4.40 Å². The zero-order valence-electron chi connectivity index (χ0n) is 23.0. The van der Waals surface area contributed by atoms with E-state index in [-0.39, 0.29) is 0 Å². The van der Waals surface area contributed by atoms with Crippen molar-refractivity contribution in [1.82, 2.24) is 4.40 Å². The van der Waals surface area contributed by atoms with E-state index in [1.165, 1.54) is 70.1 Å². The van der Waals surface area contributed by atoms with Gasteiger partial charge in [0.25, 0.3) is 0 Å². The molecular weight excluding hydrogens is 543 g/mol. The molecular formula is C40H23NOS. The van der Waals surface area contributed by atoms with Crippen LogP contribution < -0.4 is 0 Å². The van der Waals surface area contributed by atoms with Gasteiger partial charge in [0.15, 0.2) is 0 Å². The number of para-hydroxylation sites is 2. The molecule has 4 aromatic heterocycles. The van der Waals surface area contributed by atoms with Crippen LogP contribution in [0, 0.1) is 0 Å². The van der Waals surface area contributed by atoms with Crippen LogP contribution >= 0.6 is 11.3 Å². The lowest BCUT2D eigenvalue weighted by molar-refractivity contribution is 0.669. The Morgan fingerprint density at radius 2 is 1.12 bits per heavy atom. The molecule has 0 aliphatic rings. The highest BCUT2D eigenvalue weighted by Gasteiger charge is 2.25. The largest absolute Gasteiger partial charge is 0.456 e. The predicted octanol–water partition coefficient (Wildman–Crippen LogP) is 11.8. The molecule has 0 saturated heterocycles. The summed E-state index contributed by atoms with van der Waals surface area (Å²) in [5, 5.41) is 7.56. The number of aromatic nitrogens is 1. The van der Waals surface area contributed by atoms with Crippen molar-refractivity contribution >= 4 is 70.7 Å². The van der Waals surface area contributed by atoms with Gasteiger partial charge in [0.2, 0.25) is 0 Å². The summed E-state index contributed by atoms with van der Waals surface area (Å²) in [6.07, 6.45) is 0. The van der Waals surface area contributed by atoms with Gasteiger partial charge in [-0.3, -0.25) is 4.40 Å². The normalized spacial score (nSPS) is 12.2. The Balaban J connectivity index is 1.26. The van der Waals surface area contributed by atoms with Gasteiger partial charge in [-0.15, -0.1) is 11.3 Å². The Kier molecular flexibility index (Phi) is 4.63. The zero-order valence-corrected chi connectivity index (χ0v) is 23.9. The number of hydrogen-bond donors (Lipinski definition) is 0. The molecule has 43 heavy (non-hydrogen) atoms. The van der Waals surface area contributed by atoms with E-state index in [1.54, 1.807) is 0 Å². The lowest BCUT2D eigenvalue weighted by Crippen LogP contribution is -1.81. The monoisotopic (exact) mass is 565 g/mol. The van der Waals surface area contributed by atoms with Crippen molar-refractivity contribution in [1.29, 1.82) is 0 Å². The third-order valence-corrected chi connectivity index (χ3v) is 10.2. The molecule has 0 unspecified atom stereocenters. The van der Waals surface area contributed by atoms with E-state index in [1.807, 2.05) is 23.5 Å². The van der Waals surface area contributed by atoms with Crippen LogP contribution in [0.3, 0.4) is 0 Å². The van der Waals surface area contributed by atoms with Crippen molar-refractivity contribution in [2.24, 2.45) is 0 Å². The first kappa shape index (κ1) is 23.2. The van der Waals surface area contributed by atoms with Crippen LogP contribution in [0.4, 0.5) is 0 Å². The van der Waals surface area contributed by atoms with E-state index in [0.29, 0.717) is 0 Å². The van der Waals surface area contributed by atoms with Crippen LogP contribution in [0.25, 0.3) is 92.0 Å². The lowest BCUT2D eigenvalue weighted by atomic mass is 9.97. The summed E-state index contributed by atoms with van der Waals surface area (Å²) in [6, 6.07) is 50.3. The van der Waals surface area contributed by atoms with E-state index >= 15 is 0 Å². The molecule has 10 rings (SSSR count). The van der Waals surface area contributed by atoms with Crippen LogP contribution in [0.2, 0.25) is 0 Å². The minimum atomic E-state index is 0.926. The molecule has 0 atom stereocenters. The topological polar surface area (TPSA) is 17.6 Å². The minimum Gasteiger partial charge on any atom is -0.456 e. The van der Waals surface area contributed by atoms with Gasteiger partial charge < -0.3 is 4.42 Å². The quantitative estimate of drug-likeness (QED) is 0.208. The Morgan fingerprint density at radius 3 is 1.95 bits per heavy atom. The summed E-state index contributed by atoms with van der Waals surface area (Å²) in [7, 11) is 0. The molecule has 0 spiro atoms. The Labute approximate surface area is 251 Å². The van der Waals surface area contributed by atoms with Crippen molar-refractivity contribution < 1.29 is 4.42 Å². The van der Waals surface area contributed by atoms with E-state index in [4.69, 9.17) is 4.42 Å². The third-order valence-electron chi connectivity index (χ3n) is 8.96. The second-order valence-electron chi connectivity index (χ2n) is 11.3. The van der Waals surface area contributed by atoms with Gasteiger partial charge in [0.05, 0.1) is 11.0 Å². The van der Waals surface area contributed by atoms with Gasteiger partial charge in [-0.2, -0.15) is 0 Å². The maximum Gasteiger partial charge on any atom is 0.135 e. The molecule has 0 bridgehead atoms. The van der Waals surface area contributed by atoms with E-state index < -0.39 is 0 Å². The van der Waals surface area contributed by atoms with Crippen LogP contribution in [0.1, 0.15) is 0 Å². The molecule has 4 heterocycles. The van der Waals surface area contributed by atoms with Crippen LogP contribution in [-0.2, 0) is 0 Å². The van der Waals surface area contributed by atoms with Gasteiger partial charge in [0.1, 0.15) is 16.0 Å². The first-order valence-electron chi connectivity index (χ1n) is 14.6. The smallest absolute Gasteiger partial charge is 0.135 e. The molecule has 0 aliphatic heterocycles. The van der Waals surface area contributed by atoms with Crippen molar-refractivity contribution in [2.75, 3.05) is 0 Å². The average Bonchev–Trinajstić information content (AvgIpc) is 3.81. The van der Waals surface area contributed by atoms with E-state index in [2.05, 4.69) is 132 Å². The lowest BCUT2D eigenvalue weighted by Gasteiger charge is -2.06. The maximum atomic E-state index is 6.10. The molecule has 0 saturated carbocycles. The molecule has 0 fully saturated rings. The van der Waals surface area contributed by atoms with Gasteiger partial charge in [-0.1, -0.05) is 109 Å². The Hall–Kier alpha value is -5.38. The van der Waals surface area contributed by atoms with Gasteiger partial charge >= 0.3 is 0 Å². The molecule has 0 N–H and O–H groups in total. The fourth-order valence-electron chi connectivity index (χ4n) is 7.07. The zero-order chi connectivity index (χ0) is 28.1. The van der Waals surface area contributed by atoms with Crippen molar-refractivity contribution in [2.45, 2.75) is 0 Å². The standard InChI is InChI=1S/C40H23NOS/c1-3-10-24(11-4-1)36-37-30-16-9-15-29-31-22-26(27-19-21-35-32(23-27)28-14-7-8-17-34(28)42-35)18-20-33(31)41(38(29)30)40(37)43-39(36)25-12-5-2-6-13-25/h1-23H. The van der Waals surface area contributed by atoms with Gasteiger partial charge in [-0.05, 0) is 52.6 Å². The predicted molar refractivity (Wildman–Crippen MR) is 183 cm³/mol. The van der Waals surface area contributed by atoms with E-state index in [0.717, 1.165) is 21.9 Å². The summed E-state index contributed by atoms with van der Waals surface area (Å²) in [6.45, 7) is 0. The number of furan rings is 1. The fraction of sp³-hybridized carbons (Fsp3) is 0. The van der Waals surface area contributed by atoms with Crippen LogP contribution in [0.15, 0.2) is 144 Å². The van der Waals surface area contributed by atoms with E-state index in [9.17, 15) is 0 Å². The summed E-state index contributed by atoms with van der Waals surface area (Å²) in [5.41, 5.74) is 10.7. The molecule has 0 radical (unpaired) electrons. The third kappa shape index (κ3) is 3.17. The molecule has 2 nitrogen and oxygen atoms in total. The second kappa shape index (κ2) is 8.57. The number of fused-ring (bicyclic) bond motifs is 9. The Morgan fingerprint density at radius 1 is 0.465 bits per heavy atom. The summed E-state index contributed by atoms with van der Waals surface area (Å²) < 4.78 is 8.61. The van der Waals surface area contributed by atoms with Crippen molar-refractivity contribution in [3.63, 3.8) is 0 Å².